The van der Waals surface area contributed by atoms with Gasteiger partial charge in [0.1, 0.15) is 0 Å². The van der Waals surface area contributed by atoms with Gasteiger partial charge in [-0.2, -0.15) is 0 Å². The first-order chi connectivity index (χ1) is 21.7. The maximum Gasteiger partial charge on any atom is 0.0701 e. The number of fused-ring (bicyclic) bond motifs is 1. The van der Waals surface area contributed by atoms with Crippen molar-refractivity contribution in [3.05, 3.63) is 190 Å². The molecule has 6 rings (SSSR count). The predicted octanol–water partition coefficient (Wildman–Crippen LogP) is 10.2. The van der Waals surface area contributed by atoms with Crippen LogP contribution < -0.4 is 11.1 Å². The number of nitrogens with one attached hydrogen (secondary N) is 1. The van der Waals surface area contributed by atoms with Gasteiger partial charge in [0, 0.05) is 11.4 Å². The van der Waals surface area contributed by atoms with Gasteiger partial charge in [-0.15, -0.1) is 0 Å². The van der Waals surface area contributed by atoms with Crippen LogP contribution in [0.4, 0.5) is 11.4 Å². The summed E-state index contributed by atoms with van der Waals surface area (Å²) in [5.41, 5.74) is 18.1. The molecule has 0 radical (unpaired) electrons. The van der Waals surface area contributed by atoms with Gasteiger partial charge in [0.2, 0.25) is 0 Å². The average molecular weight is 571 g/mol. The van der Waals surface area contributed by atoms with Crippen LogP contribution in [-0.4, -0.2) is 0 Å². The number of benzene rings is 5. The predicted molar refractivity (Wildman–Crippen MR) is 190 cm³/mol. The van der Waals surface area contributed by atoms with Crippen LogP contribution >= 0.6 is 0 Å². The zero-order chi connectivity index (χ0) is 30.0. The van der Waals surface area contributed by atoms with Crippen molar-refractivity contribution in [3.8, 4) is 0 Å². The Bertz CT molecular complexity index is 1810. The van der Waals surface area contributed by atoms with Gasteiger partial charge in [0.25, 0.3) is 0 Å². The van der Waals surface area contributed by atoms with Crippen LogP contribution in [0.2, 0.25) is 0 Å². The van der Waals surface area contributed by atoms with Gasteiger partial charge in [-0.1, -0.05) is 158 Å². The van der Waals surface area contributed by atoms with Crippen molar-refractivity contribution in [1.82, 2.24) is 0 Å². The van der Waals surface area contributed by atoms with E-state index in [9.17, 15) is 0 Å². The van der Waals surface area contributed by atoms with E-state index >= 15 is 0 Å². The summed E-state index contributed by atoms with van der Waals surface area (Å²) in [5, 5.41) is 3.75. The highest BCUT2D eigenvalue weighted by Crippen LogP contribution is 2.32. The average Bonchev–Trinajstić information content (AvgIpc) is 3.06. The second-order valence-electron chi connectivity index (χ2n) is 11.3. The number of hydrogen-bond acceptors (Lipinski definition) is 2. The fraction of sp³-hybridized carbons (Fsp3) is 0.0952. The minimum Gasteiger partial charge on any atom is -0.398 e. The zero-order valence-corrected chi connectivity index (χ0v) is 24.9. The highest BCUT2D eigenvalue weighted by molar-refractivity contribution is 5.74. The molecule has 5 aromatic rings. The summed E-state index contributed by atoms with van der Waals surface area (Å²) < 4.78 is 0. The van der Waals surface area contributed by atoms with Crippen molar-refractivity contribution in [2.75, 3.05) is 11.1 Å². The minimum atomic E-state index is 0.136. The van der Waals surface area contributed by atoms with Crippen LogP contribution in [0.15, 0.2) is 146 Å². The Kier molecular flexibility index (Phi) is 9.30. The SMILES string of the molecule is Nc1cc(/C=C\Cc2cccc(C3C=Cc4ccc(/C=C\Cc5ccccc5)cc4N3)c2)ccc1/C=C\Cc1ccccc1. The Morgan fingerprint density at radius 1 is 0.568 bits per heavy atom. The molecule has 2 nitrogen and oxygen atoms in total. The molecule has 2 heteroatoms. The van der Waals surface area contributed by atoms with E-state index in [1.54, 1.807) is 0 Å². The lowest BCUT2D eigenvalue weighted by atomic mass is 9.96. The maximum absolute atomic E-state index is 6.38. The van der Waals surface area contributed by atoms with Crippen molar-refractivity contribution in [3.63, 3.8) is 0 Å². The van der Waals surface area contributed by atoms with Crippen LogP contribution in [0.5, 0.6) is 0 Å². The Morgan fingerprint density at radius 3 is 1.89 bits per heavy atom. The molecule has 216 valence electrons. The van der Waals surface area contributed by atoms with E-state index in [4.69, 9.17) is 5.73 Å². The van der Waals surface area contributed by atoms with Crippen molar-refractivity contribution >= 4 is 35.7 Å². The van der Waals surface area contributed by atoms with Gasteiger partial charge in [-0.05, 0) is 75.9 Å². The third-order valence-electron chi connectivity index (χ3n) is 7.94. The summed E-state index contributed by atoms with van der Waals surface area (Å²) in [5.74, 6) is 0. The lowest BCUT2D eigenvalue weighted by molar-refractivity contribution is 0.973. The molecule has 0 amide bonds. The van der Waals surface area contributed by atoms with Gasteiger partial charge in [0.05, 0.1) is 6.04 Å². The second-order valence-corrected chi connectivity index (χ2v) is 11.3. The molecule has 1 heterocycles. The van der Waals surface area contributed by atoms with Gasteiger partial charge >= 0.3 is 0 Å². The first kappa shape index (κ1) is 28.8. The summed E-state index contributed by atoms with van der Waals surface area (Å²) in [6, 6.07) is 42.9. The van der Waals surface area contributed by atoms with Crippen LogP contribution in [0.25, 0.3) is 24.3 Å². The molecule has 1 aliphatic heterocycles. The summed E-state index contributed by atoms with van der Waals surface area (Å²) in [6.45, 7) is 0. The van der Waals surface area contributed by atoms with Crippen molar-refractivity contribution < 1.29 is 0 Å². The molecule has 0 spiro atoms. The molecule has 0 fully saturated rings. The highest BCUT2D eigenvalue weighted by atomic mass is 14.9. The van der Waals surface area contributed by atoms with Gasteiger partial charge < -0.3 is 11.1 Å². The fourth-order valence-corrected chi connectivity index (χ4v) is 5.53. The number of nitrogen functional groups attached to an aromatic ring is 1. The van der Waals surface area contributed by atoms with Gasteiger partial charge in [0.15, 0.2) is 0 Å². The monoisotopic (exact) mass is 570 g/mol. The molecule has 1 aliphatic rings. The highest BCUT2D eigenvalue weighted by Gasteiger charge is 2.15. The van der Waals surface area contributed by atoms with E-state index in [0.717, 1.165) is 36.1 Å². The van der Waals surface area contributed by atoms with Gasteiger partial charge in [-0.25, -0.2) is 0 Å². The van der Waals surface area contributed by atoms with Crippen molar-refractivity contribution in [2.45, 2.75) is 25.3 Å². The number of anilines is 2. The van der Waals surface area contributed by atoms with Gasteiger partial charge in [-0.3, -0.25) is 0 Å². The Morgan fingerprint density at radius 2 is 1.18 bits per heavy atom. The minimum absolute atomic E-state index is 0.136. The number of nitrogens with two attached hydrogens (primary N) is 1. The van der Waals surface area contributed by atoms with E-state index in [1.165, 1.54) is 39.1 Å². The number of hydrogen-bond donors (Lipinski definition) is 2. The standard InChI is InChI=1S/C42H38N2/c43-40-30-35(23-25-37(40)21-9-16-33-13-5-2-6-14-33)18-8-17-34-20-10-22-39(29-34)41-28-27-38-26-24-36(31-42(38)44-41)19-7-15-32-11-3-1-4-12-32/h1-14,18-31,41,44H,15-17,43H2/b18-8-,19-7-,21-9-. The molecule has 0 aliphatic carbocycles. The normalized spacial score (nSPS) is 14.3. The van der Waals surface area contributed by atoms with Crippen LogP contribution in [0.1, 0.15) is 50.5 Å². The van der Waals surface area contributed by atoms with Crippen molar-refractivity contribution in [2.24, 2.45) is 0 Å². The molecule has 1 atom stereocenters. The largest absolute Gasteiger partial charge is 0.398 e. The quantitative estimate of drug-likeness (QED) is 0.164. The first-order valence-electron chi connectivity index (χ1n) is 15.3. The lowest BCUT2D eigenvalue weighted by Gasteiger charge is -2.23. The summed E-state index contributed by atoms with van der Waals surface area (Å²) in [7, 11) is 0. The Hall–Kier alpha value is -5.34. The van der Waals surface area contributed by atoms with Crippen molar-refractivity contribution in [1.29, 1.82) is 0 Å². The molecule has 44 heavy (non-hydrogen) atoms. The molecule has 0 saturated carbocycles. The molecule has 5 aromatic carbocycles. The zero-order valence-electron chi connectivity index (χ0n) is 24.9. The number of rotatable bonds is 10. The molecular formula is C42H38N2. The fourth-order valence-electron chi connectivity index (χ4n) is 5.53. The van der Waals surface area contributed by atoms with E-state index < -0.39 is 0 Å². The Balaban J connectivity index is 1.05. The molecular weight excluding hydrogens is 532 g/mol. The smallest absolute Gasteiger partial charge is 0.0701 e. The molecule has 0 bridgehead atoms. The maximum atomic E-state index is 6.38. The van der Waals surface area contributed by atoms with E-state index in [-0.39, 0.29) is 6.04 Å². The van der Waals surface area contributed by atoms with E-state index in [0.29, 0.717) is 0 Å². The molecule has 3 N–H and O–H groups in total. The third-order valence-corrected chi connectivity index (χ3v) is 7.94. The molecule has 0 saturated heterocycles. The molecule has 1 unspecified atom stereocenters. The van der Waals surface area contributed by atoms with Crippen LogP contribution in [-0.2, 0) is 19.3 Å². The first-order valence-corrected chi connectivity index (χ1v) is 15.3. The summed E-state index contributed by atoms with van der Waals surface area (Å²) in [4.78, 5) is 0. The third kappa shape index (κ3) is 7.73. The van der Waals surface area contributed by atoms with E-state index in [1.807, 2.05) is 6.07 Å². The summed E-state index contributed by atoms with van der Waals surface area (Å²) >= 11 is 0. The number of allylic oxidation sites excluding steroid dienone is 3. The van der Waals surface area contributed by atoms with Crippen LogP contribution in [0.3, 0.4) is 0 Å². The van der Waals surface area contributed by atoms with Crippen LogP contribution in [0, 0.1) is 0 Å². The van der Waals surface area contributed by atoms with E-state index in [2.05, 4.69) is 169 Å². The lowest BCUT2D eigenvalue weighted by Crippen LogP contribution is -2.12. The molecule has 0 aromatic heterocycles. The topological polar surface area (TPSA) is 38.0 Å². The Labute approximate surface area is 261 Å². The second kappa shape index (κ2) is 14.2. The summed E-state index contributed by atoms with van der Waals surface area (Å²) in [6.07, 6.45) is 20.2.